The molecular formula is C11H12FNO2. The summed E-state index contributed by atoms with van der Waals surface area (Å²) in [6.45, 7) is 4.66. The molecule has 80 valence electrons. The lowest BCUT2D eigenvalue weighted by Gasteiger charge is -2.14. The van der Waals surface area contributed by atoms with Gasteiger partial charge >= 0.3 is 5.97 Å². The molecule has 0 radical (unpaired) electrons. The first-order chi connectivity index (χ1) is 6.89. The summed E-state index contributed by atoms with van der Waals surface area (Å²) in [5.41, 5.74) is -0.0157. The van der Waals surface area contributed by atoms with Crippen LogP contribution in [0.3, 0.4) is 0 Å². The van der Waals surface area contributed by atoms with Crippen LogP contribution >= 0.6 is 0 Å². The van der Waals surface area contributed by atoms with Crippen LogP contribution in [-0.2, 0) is 10.4 Å². The molecule has 2 heterocycles. The smallest absolute Gasteiger partial charge is 0.357 e. The minimum atomic E-state index is -1.45. The van der Waals surface area contributed by atoms with Crippen LogP contribution in [-0.4, -0.2) is 11.0 Å². The van der Waals surface area contributed by atoms with E-state index in [9.17, 15) is 9.18 Å². The van der Waals surface area contributed by atoms with E-state index in [0.717, 1.165) is 0 Å². The van der Waals surface area contributed by atoms with Crippen molar-refractivity contribution in [1.29, 1.82) is 0 Å². The molecule has 1 aromatic heterocycles. The van der Waals surface area contributed by atoms with Crippen molar-refractivity contribution >= 4 is 5.97 Å². The van der Waals surface area contributed by atoms with E-state index in [1.807, 2.05) is 0 Å². The lowest BCUT2D eigenvalue weighted by Crippen LogP contribution is -2.11. The van der Waals surface area contributed by atoms with Crippen LogP contribution < -0.4 is 0 Å². The van der Waals surface area contributed by atoms with Gasteiger partial charge in [-0.15, -0.1) is 0 Å². The first-order valence-electron chi connectivity index (χ1n) is 4.80. The van der Waals surface area contributed by atoms with Gasteiger partial charge in [-0.25, -0.2) is 14.2 Å². The lowest BCUT2D eigenvalue weighted by atomic mass is 9.98. The molecule has 0 aliphatic carbocycles. The number of fused-ring (bicyclic) bond motifs is 1. The third-order valence-corrected chi connectivity index (χ3v) is 2.52. The molecule has 15 heavy (non-hydrogen) atoms. The van der Waals surface area contributed by atoms with Crippen LogP contribution in [0.25, 0.3) is 0 Å². The molecule has 1 atom stereocenters. The lowest BCUT2D eigenvalue weighted by molar-refractivity contribution is 0.0418. The van der Waals surface area contributed by atoms with Crippen molar-refractivity contribution in [1.82, 2.24) is 4.98 Å². The molecule has 1 aliphatic heterocycles. The molecule has 0 amide bonds. The minimum Gasteiger partial charge on any atom is -0.453 e. The van der Waals surface area contributed by atoms with E-state index in [1.54, 1.807) is 13.0 Å². The topological polar surface area (TPSA) is 39.2 Å². The van der Waals surface area contributed by atoms with Gasteiger partial charge in [0.25, 0.3) is 0 Å². The van der Waals surface area contributed by atoms with Gasteiger partial charge in [0.05, 0.1) is 0 Å². The Balaban J connectivity index is 2.52. The van der Waals surface area contributed by atoms with Crippen LogP contribution in [0.1, 0.15) is 48.5 Å². The molecule has 0 spiro atoms. The minimum absolute atomic E-state index is 0.301. The Labute approximate surface area is 87.3 Å². The number of carbonyl (C=O) groups is 1. The summed E-state index contributed by atoms with van der Waals surface area (Å²) in [5.74, 6) is -0.430. The maximum Gasteiger partial charge on any atom is 0.357 e. The molecule has 1 aromatic rings. The second kappa shape index (κ2) is 3.02. The highest BCUT2D eigenvalue weighted by molar-refractivity contribution is 5.91. The summed E-state index contributed by atoms with van der Waals surface area (Å²) in [6.07, 6.45) is 1.06. The first-order valence-corrected chi connectivity index (χ1v) is 4.80. The van der Waals surface area contributed by atoms with Crippen molar-refractivity contribution in [2.45, 2.75) is 32.5 Å². The van der Waals surface area contributed by atoms with Gasteiger partial charge in [-0.3, -0.25) is 0 Å². The van der Waals surface area contributed by atoms with Gasteiger partial charge in [0.15, 0.2) is 5.69 Å². The molecule has 4 heteroatoms. The quantitative estimate of drug-likeness (QED) is 0.667. The van der Waals surface area contributed by atoms with Gasteiger partial charge in [-0.05, 0) is 26.8 Å². The number of pyridine rings is 1. The van der Waals surface area contributed by atoms with Crippen LogP contribution in [0.15, 0.2) is 12.3 Å². The highest BCUT2D eigenvalue weighted by Gasteiger charge is 2.31. The molecule has 0 N–H and O–H groups in total. The first kappa shape index (κ1) is 10.1. The number of cyclic esters (lactones) is 1. The molecule has 0 aromatic carbocycles. The van der Waals surface area contributed by atoms with Crippen LogP contribution in [0.2, 0.25) is 0 Å². The Hall–Kier alpha value is -1.45. The molecule has 0 saturated carbocycles. The summed E-state index contributed by atoms with van der Waals surface area (Å²) < 4.78 is 18.6. The van der Waals surface area contributed by atoms with E-state index in [4.69, 9.17) is 4.74 Å². The second-order valence-corrected chi connectivity index (χ2v) is 4.18. The number of hydrogen-bond donors (Lipinski definition) is 0. The third kappa shape index (κ3) is 1.60. The number of ether oxygens (including phenoxy) is 1. The van der Waals surface area contributed by atoms with Gasteiger partial charge in [0.1, 0.15) is 11.8 Å². The van der Waals surface area contributed by atoms with Crippen molar-refractivity contribution in [3.63, 3.8) is 0 Å². The summed E-state index contributed by atoms with van der Waals surface area (Å²) >= 11 is 0. The number of hydrogen-bond acceptors (Lipinski definition) is 3. The van der Waals surface area contributed by atoms with Gasteiger partial charge in [-0.2, -0.15) is 0 Å². The Morgan fingerprint density at radius 3 is 2.80 bits per heavy atom. The largest absolute Gasteiger partial charge is 0.453 e. The van der Waals surface area contributed by atoms with Crippen molar-refractivity contribution < 1.29 is 13.9 Å². The zero-order valence-electron chi connectivity index (χ0n) is 8.87. The number of alkyl halides is 1. The third-order valence-electron chi connectivity index (χ3n) is 2.52. The molecule has 0 fully saturated rings. The van der Waals surface area contributed by atoms with E-state index < -0.39 is 11.6 Å². The predicted octanol–water partition coefficient (Wildman–Crippen LogP) is 2.52. The number of esters is 1. The molecule has 0 saturated heterocycles. The number of rotatable bonds is 1. The standard InChI is InChI=1S/C11H12FNO2/c1-6-8-4-7(11(2,3)12)5-13-9(8)10(14)15-6/h4-6H,1-3H3. The molecular weight excluding hydrogens is 197 g/mol. The van der Waals surface area contributed by atoms with Gasteiger partial charge < -0.3 is 4.74 Å². The fourth-order valence-electron chi connectivity index (χ4n) is 1.57. The van der Waals surface area contributed by atoms with Gasteiger partial charge in [0.2, 0.25) is 0 Å². The fraction of sp³-hybridized carbons (Fsp3) is 0.455. The van der Waals surface area contributed by atoms with E-state index in [2.05, 4.69) is 4.98 Å². The summed E-state index contributed by atoms with van der Waals surface area (Å²) in [7, 11) is 0. The van der Waals surface area contributed by atoms with Crippen molar-refractivity contribution in [2.24, 2.45) is 0 Å². The Bertz CT molecular complexity index is 423. The highest BCUT2D eigenvalue weighted by Crippen LogP contribution is 2.32. The number of halogens is 1. The van der Waals surface area contributed by atoms with E-state index >= 15 is 0 Å². The second-order valence-electron chi connectivity index (χ2n) is 4.18. The van der Waals surface area contributed by atoms with Crippen molar-refractivity contribution in [3.05, 3.63) is 29.1 Å². The number of nitrogens with zero attached hydrogens (tertiary/aromatic N) is 1. The maximum atomic E-state index is 13.6. The summed E-state index contributed by atoms with van der Waals surface area (Å²) in [6, 6.07) is 1.65. The van der Waals surface area contributed by atoms with Crippen LogP contribution in [0.5, 0.6) is 0 Å². The van der Waals surface area contributed by atoms with E-state index in [1.165, 1.54) is 20.0 Å². The Morgan fingerprint density at radius 1 is 1.53 bits per heavy atom. The van der Waals surface area contributed by atoms with Crippen molar-refractivity contribution in [2.75, 3.05) is 0 Å². The van der Waals surface area contributed by atoms with Crippen LogP contribution in [0.4, 0.5) is 4.39 Å². The predicted molar refractivity (Wildman–Crippen MR) is 52.2 cm³/mol. The zero-order valence-corrected chi connectivity index (χ0v) is 8.87. The Morgan fingerprint density at radius 2 is 2.20 bits per heavy atom. The number of carbonyl (C=O) groups excluding carboxylic acids is 1. The normalized spacial score (nSPS) is 20.0. The monoisotopic (exact) mass is 209 g/mol. The molecule has 2 rings (SSSR count). The van der Waals surface area contributed by atoms with Gasteiger partial charge in [-0.1, -0.05) is 0 Å². The SMILES string of the molecule is CC1OC(=O)c2ncc(C(C)(C)F)cc21. The van der Waals surface area contributed by atoms with Crippen molar-refractivity contribution in [3.8, 4) is 0 Å². The van der Waals surface area contributed by atoms with E-state index in [0.29, 0.717) is 16.8 Å². The average Bonchev–Trinajstić information content (AvgIpc) is 2.41. The molecule has 1 unspecified atom stereocenters. The van der Waals surface area contributed by atoms with E-state index in [-0.39, 0.29) is 6.10 Å². The Kier molecular flexibility index (Phi) is 2.03. The molecule has 0 bridgehead atoms. The number of aromatic nitrogens is 1. The maximum absolute atomic E-state index is 13.6. The van der Waals surface area contributed by atoms with Gasteiger partial charge in [0, 0.05) is 17.3 Å². The van der Waals surface area contributed by atoms with Crippen LogP contribution in [0, 0.1) is 0 Å². The average molecular weight is 209 g/mol. The zero-order chi connectivity index (χ0) is 11.2. The summed E-state index contributed by atoms with van der Waals surface area (Å²) in [5, 5.41) is 0. The molecule has 3 nitrogen and oxygen atoms in total. The molecule has 1 aliphatic rings. The highest BCUT2D eigenvalue weighted by atomic mass is 19.1. The summed E-state index contributed by atoms with van der Waals surface area (Å²) in [4.78, 5) is 15.2. The fourth-order valence-corrected chi connectivity index (χ4v) is 1.57.